The van der Waals surface area contributed by atoms with Gasteiger partial charge in [0, 0.05) is 40.6 Å². The molecule has 5 atom stereocenters. The quantitative estimate of drug-likeness (QED) is 0.0871. The van der Waals surface area contributed by atoms with Crippen LogP contribution in [-0.2, 0) is 33.0 Å². The predicted molar refractivity (Wildman–Crippen MR) is 233 cm³/mol. The van der Waals surface area contributed by atoms with E-state index >= 15 is 4.79 Å². The molecule has 6 aromatic rings. The van der Waals surface area contributed by atoms with E-state index in [0.717, 1.165) is 40.2 Å². The lowest BCUT2D eigenvalue weighted by Gasteiger charge is -2.37. The van der Waals surface area contributed by atoms with Crippen molar-refractivity contribution in [1.29, 1.82) is 0 Å². The Morgan fingerprint density at radius 1 is 0.949 bits per heavy atom. The van der Waals surface area contributed by atoms with Gasteiger partial charge in [0.1, 0.15) is 5.75 Å². The minimum Gasteiger partial charge on any atom is -0.497 e. The molecule has 1 spiro atoms. The molecule has 3 heterocycles. The van der Waals surface area contributed by atoms with Crippen LogP contribution in [0.25, 0.3) is 0 Å². The van der Waals surface area contributed by atoms with Gasteiger partial charge in [-0.05, 0) is 77.7 Å². The summed E-state index contributed by atoms with van der Waals surface area (Å²) in [4.78, 5) is 31.2. The van der Waals surface area contributed by atoms with E-state index in [1.807, 2.05) is 131 Å². The number of halogens is 1. The van der Waals surface area contributed by atoms with E-state index in [4.69, 9.17) is 21.1 Å². The Labute approximate surface area is 351 Å². The third-order valence-corrected chi connectivity index (χ3v) is 17.0. The molecule has 2 amide bonds. The number of methoxy groups -OCH3 is 1. The fraction of sp³-hybridized carbons (Fsp3) is 0.277. The smallest absolute Gasteiger partial charge is 0.264 e. The van der Waals surface area contributed by atoms with Crippen molar-refractivity contribution in [3.63, 3.8) is 0 Å². The van der Waals surface area contributed by atoms with Crippen LogP contribution in [0, 0.1) is 5.92 Å². The van der Waals surface area contributed by atoms with E-state index in [1.54, 1.807) is 12.0 Å². The van der Waals surface area contributed by atoms with Gasteiger partial charge >= 0.3 is 0 Å². The van der Waals surface area contributed by atoms with Crippen LogP contribution in [-0.4, -0.2) is 60.3 Å². The van der Waals surface area contributed by atoms with Crippen molar-refractivity contribution in [2.24, 2.45) is 5.92 Å². The molecule has 1 N–H and O–H groups in total. The van der Waals surface area contributed by atoms with Crippen LogP contribution in [0.1, 0.15) is 41.6 Å². The summed E-state index contributed by atoms with van der Waals surface area (Å²) < 4.78 is 14.7. The number of carbonyl (C=O) groups excluding carboxylic acids is 2. The number of hydrogen-bond acceptors (Lipinski definition) is 7. The molecule has 59 heavy (non-hydrogen) atoms. The highest BCUT2D eigenvalue weighted by atomic mass is 35.5. The normalized spacial score (nSPS) is 20.5. The van der Waals surface area contributed by atoms with Crippen LogP contribution in [0.3, 0.4) is 0 Å². The lowest BCUT2D eigenvalue weighted by molar-refractivity contribution is -0.146. The number of anilines is 3. The first-order valence-electron chi connectivity index (χ1n) is 20.0. The SMILES string of the molecule is COc1ccc([Si](C)(C)[C@H]2[C@H](CCn3cc(C(CO)c4ccccc4)nn3)O[C@@]3(C(=O)N(Cc4cccc(N(C=O)c5ccccc5)c4)c4ccc(Cl)cc43)[C@@H]2C)cc1. The highest BCUT2D eigenvalue weighted by Crippen LogP contribution is 2.60. The number of aryl methyl sites for hydroxylation is 1. The number of aliphatic hydroxyl groups is 1. The van der Waals surface area contributed by atoms with Crippen LogP contribution in [0.2, 0.25) is 23.7 Å². The number of carbonyl (C=O) groups is 2. The molecule has 1 unspecified atom stereocenters. The molecule has 0 aliphatic carbocycles. The van der Waals surface area contributed by atoms with E-state index in [-0.39, 0.29) is 42.5 Å². The summed E-state index contributed by atoms with van der Waals surface area (Å²) in [6.45, 7) is 7.56. The van der Waals surface area contributed by atoms with E-state index < -0.39 is 13.7 Å². The number of rotatable bonds is 14. The molecule has 12 heteroatoms. The van der Waals surface area contributed by atoms with Gasteiger partial charge < -0.3 is 19.5 Å². The van der Waals surface area contributed by atoms with Crippen molar-refractivity contribution in [3.8, 4) is 5.75 Å². The molecular formula is C47H48ClN5O5Si. The highest BCUT2D eigenvalue weighted by molar-refractivity contribution is 6.91. The Morgan fingerprint density at radius 2 is 1.66 bits per heavy atom. The Kier molecular flexibility index (Phi) is 11.3. The Morgan fingerprint density at radius 3 is 2.36 bits per heavy atom. The van der Waals surface area contributed by atoms with Gasteiger partial charge in [0.2, 0.25) is 6.41 Å². The largest absolute Gasteiger partial charge is 0.497 e. The minimum absolute atomic E-state index is 0.000484. The van der Waals surface area contributed by atoms with Gasteiger partial charge in [-0.15, -0.1) is 5.10 Å². The number of fused-ring (bicyclic) bond motifs is 2. The van der Waals surface area contributed by atoms with E-state index in [2.05, 4.69) is 42.5 Å². The third-order valence-electron chi connectivity index (χ3n) is 12.4. The number of amides is 2. The number of aromatic nitrogens is 3. The average Bonchev–Trinajstić information content (AvgIpc) is 3.91. The second-order valence-electron chi connectivity index (χ2n) is 16.0. The van der Waals surface area contributed by atoms with Gasteiger partial charge in [-0.25, -0.2) is 0 Å². The molecule has 10 nitrogen and oxygen atoms in total. The van der Waals surface area contributed by atoms with Gasteiger partial charge in [-0.3, -0.25) is 19.2 Å². The molecule has 2 aliphatic heterocycles. The molecule has 0 bridgehead atoms. The van der Waals surface area contributed by atoms with Crippen molar-refractivity contribution < 1.29 is 24.2 Å². The summed E-state index contributed by atoms with van der Waals surface area (Å²) in [6.07, 6.45) is 2.96. The van der Waals surface area contributed by atoms with Gasteiger partial charge in [-0.2, -0.15) is 0 Å². The van der Waals surface area contributed by atoms with Crippen molar-refractivity contribution in [3.05, 3.63) is 161 Å². The minimum atomic E-state index is -2.42. The van der Waals surface area contributed by atoms with Crippen molar-refractivity contribution in [2.45, 2.75) is 62.7 Å². The number of para-hydroxylation sites is 1. The van der Waals surface area contributed by atoms with Crippen LogP contribution in [0.15, 0.2) is 134 Å². The van der Waals surface area contributed by atoms with Crippen LogP contribution >= 0.6 is 11.6 Å². The first-order chi connectivity index (χ1) is 28.6. The zero-order chi connectivity index (χ0) is 41.3. The summed E-state index contributed by atoms with van der Waals surface area (Å²) in [7, 11) is -0.754. The van der Waals surface area contributed by atoms with Crippen LogP contribution in [0.4, 0.5) is 17.1 Å². The summed E-state index contributed by atoms with van der Waals surface area (Å²) in [5.41, 5.74) is 4.19. The maximum absolute atomic E-state index is 15.4. The summed E-state index contributed by atoms with van der Waals surface area (Å²) in [5, 5.41) is 21.1. The monoisotopic (exact) mass is 825 g/mol. The number of benzene rings is 5. The average molecular weight is 826 g/mol. The molecule has 0 saturated carbocycles. The Hall–Kier alpha value is -5.59. The molecular weight excluding hydrogens is 778 g/mol. The Balaban J connectivity index is 1.15. The first-order valence-corrected chi connectivity index (χ1v) is 23.4. The van der Waals surface area contributed by atoms with Crippen molar-refractivity contribution in [1.82, 2.24) is 15.0 Å². The molecule has 1 fully saturated rings. The molecule has 0 radical (unpaired) electrons. The topological polar surface area (TPSA) is 110 Å². The lowest BCUT2D eigenvalue weighted by atomic mass is 9.82. The van der Waals surface area contributed by atoms with Crippen LogP contribution < -0.4 is 19.7 Å². The standard InChI is InChI=1S/C47H48ClN5O5Si/c1-32-45(59(3,4)39-21-19-38(57-2)20-22-39)44(24-25-51-29-42(49-50-51)40(30-54)34-13-7-5-8-14-34)58-47(32)41-27-35(48)18-23-43(41)52(46(47)56)28-33-12-11-17-37(26-33)53(31-55)36-15-9-6-10-16-36/h5-23,26-27,29,31-32,40,44-45,54H,24-25,28,30H2,1-4H3/t32-,40?,44+,45-,47+/m1/s1. The van der Waals surface area contributed by atoms with Gasteiger partial charge in [0.15, 0.2) is 5.60 Å². The molecule has 302 valence electrons. The maximum Gasteiger partial charge on any atom is 0.264 e. The lowest BCUT2D eigenvalue weighted by Crippen LogP contribution is -2.51. The zero-order valence-corrected chi connectivity index (χ0v) is 35.4. The summed E-state index contributed by atoms with van der Waals surface area (Å²) in [6, 6.07) is 41.0. The summed E-state index contributed by atoms with van der Waals surface area (Å²) in [5.74, 6) is 0.125. The number of nitrogens with zero attached hydrogens (tertiary/aromatic N) is 5. The van der Waals surface area contributed by atoms with Gasteiger partial charge in [0.05, 0.1) is 51.7 Å². The second-order valence-corrected chi connectivity index (χ2v) is 21.2. The van der Waals surface area contributed by atoms with E-state index in [9.17, 15) is 9.90 Å². The van der Waals surface area contributed by atoms with Gasteiger partial charge in [0.25, 0.3) is 5.91 Å². The second kappa shape index (κ2) is 16.6. The maximum atomic E-state index is 15.4. The predicted octanol–water partition coefficient (Wildman–Crippen LogP) is 8.21. The first kappa shape index (κ1) is 40.2. The zero-order valence-electron chi connectivity index (χ0n) is 33.6. The van der Waals surface area contributed by atoms with E-state index in [0.29, 0.717) is 29.4 Å². The molecule has 2 aliphatic rings. The number of hydrogen-bond donors (Lipinski definition) is 1. The number of ether oxygens (including phenoxy) is 2. The molecule has 1 aromatic heterocycles. The van der Waals surface area contributed by atoms with Crippen molar-refractivity contribution in [2.75, 3.05) is 23.5 Å². The van der Waals surface area contributed by atoms with Crippen LogP contribution in [0.5, 0.6) is 5.75 Å². The molecule has 5 aromatic carbocycles. The van der Waals surface area contributed by atoms with Gasteiger partial charge in [-0.1, -0.05) is 115 Å². The molecule has 1 saturated heterocycles. The fourth-order valence-electron chi connectivity index (χ4n) is 9.46. The van der Waals surface area contributed by atoms with Crippen molar-refractivity contribution >= 4 is 54.2 Å². The van der Waals surface area contributed by atoms with E-state index in [1.165, 1.54) is 5.19 Å². The number of aliphatic hydroxyl groups excluding tert-OH is 1. The molecule has 8 rings (SSSR count). The third kappa shape index (κ3) is 7.37. The highest BCUT2D eigenvalue weighted by Gasteiger charge is 2.66. The summed E-state index contributed by atoms with van der Waals surface area (Å²) >= 11 is 6.77. The Bertz CT molecular complexity index is 2430. The fourth-order valence-corrected chi connectivity index (χ4v) is 13.7.